The molecule has 1 aromatic carbocycles. The van der Waals surface area contributed by atoms with Crippen LogP contribution >= 0.6 is 0 Å². The number of nitro groups is 1. The number of benzene rings is 1. The zero-order chi connectivity index (χ0) is 18.1. The number of ether oxygens (including phenoxy) is 1. The summed E-state index contributed by atoms with van der Waals surface area (Å²) in [5.41, 5.74) is -2.90. The smallest absolute Gasteiger partial charge is 0.423 e. The molecule has 1 fully saturated rings. The van der Waals surface area contributed by atoms with E-state index in [1.165, 1.54) is 6.07 Å². The summed E-state index contributed by atoms with van der Waals surface area (Å²) in [4.78, 5) is 23.3. The summed E-state index contributed by atoms with van der Waals surface area (Å²) in [6, 6.07) is 2.87. The number of carbonyl (C=O) groups is 1. The second kappa shape index (κ2) is 6.29. The van der Waals surface area contributed by atoms with Gasteiger partial charge < -0.3 is 9.64 Å². The Hall–Kier alpha value is -2.32. The molecule has 0 aliphatic carbocycles. The highest BCUT2D eigenvalue weighted by molar-refractivity contribution is 5.78. The number of hydrogen-bond acceptors (Lipinski definition) is 5. The van der Waals surface area contributed by atoms with Crippen LogP contribution in [0.25, 0.3) is 0 Å². The standard InChI is InChI=1S/C15H17F3N2O4/c1-3-24-13(21)14(2)6-7-19(9-14)10-4-5-12(20(22)23)11(8-10)15(16,17)18/h4-5,8H,3,6-7,9H2,1-2H3. The van der Waals surface area contributed by atoms with E-state index < -0.39 is 33.7 Å². The molecule has 1 heterocycles. The first kappa shape index (κ1) is 18.0. The van der Waals surface area contributed by atoms with Gasteiger partial charge in [0.2, 0.25) is 0 Å². The molecule has 0 amide bonds. The van der Waals surface area contributed by atoms with E-state index in [4.69, 9.17) is 4.74 Å². The van der Waals surface area contributed by atoms with Gasteiger partial charge in [-0.25, -0.2) is 0 Å². The van der Waals surface area contributed by atoms with E-state index in [1.54, 1.807) is 18.7 Å². The van der Waals surface area contributed by atoms with Crippen LogP contribution in [0.3, 0.4) is 0 Å². The van der Waals surface area contributed by atoms with Gasteiger partial charge in [0.15, 0.2) is 0 Å². The first-order chi connectivity index (χ1) is 11.1. The summed E-state index contributed by atoms with van der Waals surface area (Å²) in [7, 11) is 0. The van der Waals surface area contributed by atoms with Gasteiger partial charge in [0, 0.05) is 24.8 Å². The molecule has 2 rings (SSSR count). The number of nitro benzene ring substituents is 1. The van der Waals surface area contributed by atoms with Crippen molar-refractivity contribution in [2.75, 3.05) is 24.6 Å². The highest BCUT2D eigenvalue weighted by Gasteiger charge is 2.43. The van der Waals surface area contributed by atoms with Crippen molar-refractivity contribution in [2.24, 2.45) is 5.41 Å². The van der Waals surface area contributed by atoms with E-state index in [-0.39, 0.29) is 18.8 Å². The van der Waals surface area contributed by atoms with Gasteiger partial charge in [-0.1, -0.05) is 0 Å². The van der Waals surface area contributed by atoms with Crippen LogP contribution in [0.4, 0.5) is 24.5 Å². The predicted molar refractivity (Wildman–Crippen MR) is 79.7 cm³/mol. The Kier molecular flexibility index (Phi) is 4.73. The minimum Gasteiger partial charge on any atom is -0.466 e. The maximum Gasteiger partial charge on any atom is 0.423 e. The van der Waals surface area contributed by atoms with Crippen LogP contribution in [0.1, 0.15) is 25.8 Å². The third kappa shape index (κ3) is 3.44. The van der Waals surface area contributed by atoms with Gasteiger partial charge in [-0.3, -0.25) is 14.9 Å². The second-order valence-electron chi connectivity index (χ2n) is 5.91. The van der Waals surface area contributed by atoms with Crippen LogP contribution < -0.4 is 4.90 Å². The van der Waals surface area contributed by atoms with Gasteiger partial charge >= 0.3 is 12.1 Å². The summed E-state index contributed by atoms with van der Waals surface area (Å²) in [5, 5.41) is 10.8. The molecule has 1 aliphatic rings. The molecule has 1 atom stereocenters. The average Bonchev–Trinajstić information content (AvgIpc) is 2.90. The van der Waals surface area contributed by atoms with Crippen molar-refractivity contribution in [1.82, 2.24) is 0 Å². The summed E-state index contributed by atoms with van der Waals surface area (Å²) >= 11 is 0. The average molecular weight is 346 g/mol. The molecule has 0 aromatic heterocycles. The molecule has 0 spiro atoms. The minimum absolute atomic E-state index is 0.195. The Bertz CT molecular complexity index is 663. The van der Waals surface area contributed by atoms with E-state index in [0.29, 0.717) is 13.0 Å². The Morgan fingerprint density at radius 2 is 2.12 bits per heavy atom. The van der Waals surface area contributed by atoms with Crippen molar-refractivity contribution in [1.29, 1.82) is 0 Å². The molecule has 0 saturated carbocycles. The van der Waals surface area contributed by atoms with Crippen molar-refractivity contribution >= 4 is 17.3 Å². The van der Waals surface area contributed by atoms with E-state index in [1.807, 2.05) is 0 Å². The monoisotopic (exact) mass is 346 g/mol. The Labute approximate surface area is 136 Å². The molecule has 1 unspecified atom stereocenters. The van der Waals surface area contributed by atoms with E-state index in [0.717, 1.165) is 12.1 Å². The Balaban J connectivity index is 2.31. The van der Waals surface area contributed by atoms with Crippen LogP contribution in [-0.2, 0) is 15.7 Å². The zero-order valence-electron chi connectivity index (χ0n) is 13.2. The molecule has 6 nitrogen and oxygen atoms in total. The van der Waals surface area contributed by atoms with Crippen LogP contribution in [0, 0.1) is 15.5 Å². The largest absolute Gasteiger partial charge is 0.466 e. The maximum absolute atomic E-state index is 13.1. The molecule has 1 saturated heterocycles. The number of anilines is 1. The van der Waals surface area contributed by atoms with Gasteiger partial charge in [-0.05, 0) is 32.4 Å². The second-order valence-corrected chi connectivity index (χ2v) is 5.91. The quantitative estimate of drug-likeness (QED) is 0.475. The van der Waals surface area contributed by atoms with Gasteiger partial charge in [0.1, 0.15) is 5.56 Å². The third-order valence-electron chi connectivity index (χ3n) is 4.09. The SMILES string of the molecule is CCOC(=O)C1(C)CCN(c2ccc([N+](=O)[O-])c(C(F)(F)F)c2)C1. The molecular weight excluding hydrogens is 329 g/mol. The molecule has 9 heteroatoms. The van der Waals surface area contributed by atoms with Gasteiger partial charge in [-0.2, -0.15) is 13.2 Å². The minimum atomic E-state index is -4.83. The number of halogens is 3. The maximum atomic E-state index is 13.1. The lowest BCUT2D eigenvalue weighted by Crippen LogP contribution is -2.33. The topological polar surface area (TPSA) is 72.7 Å². The van der Waals surface area contributed by atoms with E-state index in [9.17, 15) is 28.1 Å². The molecule has 0 N–H and O–H groups in total. The number of nitrogens with zero attached hydrogens (tertiary/aromatic N) is 2. The summed E-state index contributed by atoms with van der Waals surface area (Å²) < 4.78 is 44.2. The number of hydrogen-bond donors (Lipinski definition) is 0. The van der Waals surface area contributed by atoms with Crippen LogP contribution in [0.15, 0.2) is 18.2 Å². The van der Waals surface area contributed by atoms with Gasteiger partial charge in [-0.15, -0.1) is 0 Å². The first-order valence-electron chi connectivity index (χ1n) is 7.36. The van der Waals surface area contributed by atoms with Crippen molar-refractivity contribution in [2.45, 2.75) is 26.4 Å². The fourth-order valence-electron chi connectivity index (χ4n) is 2.76. The highest BCUT2D eigenvalue weighted by atomic mass is 19.4. The van der Waals surface area contributed by atoms with Crippen molar-refractivity contribution in [3.05, 3.63) is 33.9 Å². The van der Waals surface area contributed by atoms with E-state index >= 15 is 0 Å². The molecule has 0 bridgehead atoms. The lowest BCUT2D eigenvalue weighted by molar-refractivity contribution is -0.388. The fraction of sp³-hybridized carbons (Fsp3) is 0.533. The first-order valence-corrected chi connectivity index (χ1v) is 7.36. The number of carbonyl (C=O) groups excluding carboxylic acids is 1. The summed E-state index contributed by atoms with van der Waals surface area (Å²) in [5.74, 6) is -0.398. The van der Waals surface area contributed by atoms with Crippen LogP contribution in [-0.4, -0.2) is 30.6 Å². The van der Waals surface area contributed by atoms with Crippen molar-refractivity contribution < 1.29 is 27.6 Å². The molecule has 1 aromatic rings. The predicted octanol–water partition coefficient (Wildman–Crippen LogP) is 3.39. The lowest BCUT2D eigenvalue weighted by atomic mass is 9.90. The number of alkyl halides is 3. The molecule has 0 radical (unpaired) electrons. The van der Waals surface area contributed by atoms with E-state index in [2.05, 4.69) is 0 Å². The third-order valence-corrected chi connectivity index (χ3v) is 4.09. The van der Waals surface area contributed by atoms with Crippen LogP contribution in [0.2, 0.25) is 0 Å². The summed E-state index contributed by atoms with van der Waals surface area (Å²) in [6.45, 7) is 4.16. The van der Waals surface area contributed by atoms with Crippen molar-refractivity contribution in [3.8, 4) is 0 Å². The molecule has 24 heavy (non-hydrogen) atoms. The summed E-state index contributed by atoms with van der Waals surface area (Å²) in [6.07, 6.45) is -4.40. The van der Waals surface area contributed by atoms with Crippen molar-refractivity contribution in [3.63, 3.8) is 0 Å². The molecule has 1 aliphatic heterocycles. The highest BCUT2D eigenvalue weighted by Crippen LogP contribution is 2.40. The van der Waals surface area contributed by atoms with Gasteiger partial charge in [0.05, 0.1) is 16.9 Å². The number of esters is 1. The normalized spacial score (nSPS) is 21.0. The Morgan fingerprint density at radius 3 is 2.67 bits per heavy atom. The van der Waals surface area contributed by atoms with Gasteiger partial charge in [0.25, 0.3) is 5.69 Å². The molecule has 132 valence electrons. The molecular formula is C15H17F3N2O4. The number of rotatable bonds is 4. The lowest BCUT2D eigenvalue weighted by Gasteiger charge is -2.24. The van der Waals surface area contributed by atoms with Crippen LogP contribution in [0.5, 0.6) is 0 Å². The Morgan fingerprint density at radius 1 is 1.46 bits per heavy atom. The fourth-order valence-corrected chi connectivity index (χ4v) is 2.76. The zero-order valence-corrected chi connectivity index (χ0v) is 13.2.